The molecule has 0 aliphatic heterocycles. The monoisotopic (exact) mass is 246 g/mol. The zero-order valence-corrected chi connectivity index (χ0v) is 10.5. The first-order valence-electron chi connectivity index (χ1n) is 5.42. The molecule has 0 radical (unpaired) electrons. The van der Waals surface area contributed by atoms with E-state index >= 15 is 0 Å². The van der Waals surface area contributed by atoms with Crippen LogP contribution in [0.1, 0.15) is 32.7 Å². The highest BCUT2D eigenvalue weighted by Crippen LogP contribution is 2.16. The molecule has 0 saturated carbocycles. The number of rotatable bonds is 4. The zero-order chi connectivity index (χ0) is 12.3. The Morgan fingerprint density at radius 1 is 1.35 bits per heavy atom. The number of hydrogen-bond donors (Lipinski definition) is 1. The molecule has 17 heavy (non-hydrogen) atoms. The minimum absolute atomic E-state index is 0.0937. The maximum atomic E-state index is 11.1. The van der Waals surface area contributed by atoms with Gasteiger partial charge >= 0.3 is 0 Å². The van der Waals surface area contributed by atoms with Gasteiger partial charge in [-0.2, -0.15) is 0 Å². The normalized spacial score (nSPS) is 10.5. The van der Waals surface area contributed by atoms with Crippen LogP contribution in [-0.2, 0) is 13.0 Å². The summed E-state index contributed by atoms with van der Waals surface area (Å²) in [4.78, 5) is 16.5. The van der Waals surface area contributed by atoms with Gasteiger partial charge in [0.05, 0.1) is 5.01 Å². The molecule has 1 heterocycles. The lowest BCUT2D eigenvalue weighted by atomic mass is 10.1. The Labute approximate surface area is 104 Å². The number of carbonyl (C=O) groups is 1. The smallest absolute Gasteiger partial charge is 0.159 e. The van der Waals surface area contributed by atoms with Crippen molar-refractivity contribution in [1.29, 1.82) is 0 Å². The predicted octanol–water partition coefficient (Wildman–Crippen LogP) is 2.40. The highest BCUT2D eigenvalue weighted by Gasteiger charge is 2.03. The Hall–Kier alpha value is -1.52. The third-order valence-corrected chi connectivity index (χ3v) is 3.54. The quantitative estimate of drug-likeness (QED) is 0.843. The molecule has 0 unspecified atom stereocenters. The summed E-state index contributed by atoms with van der Waals surface area (Å²) in [5.41, 5.74) is 7.45. The molecule has 0 spiro atoms. The second-order valence-electron chi connectivity index (χ2n) is 3.85. The lowest BCUT2D eigenvalue weighted by molar-refractivity contribution is 0.101. The number of carbonyl (C=O) groups excluding carboxylic acids is 1. The van der Waals surface area contributed by atoms with Crippen LogP contribution in [-0.4, -0.2) is 10.8 Å². The molecule has 0 atom stereocenters. The number of Topliss-reactive ketones (excluding diaryl/α,β-unsaturated/α-hetero) is 1. The van der Waals surface area contributed by atoms with Crippen LogP contribution in [0.4, 0.5) is 0 Å². The van der Waals surface area contributed by atoms with Gasteiger partial charge in [0, 0.05) is 29.6 Å². The number of nitrogens with two attached hydrogens (primary N) is 1. The van der Waals surface area contributed by atoms with E-state index in [0.29, 0.717) is 6.54 Å². The van der Waals surface area contributed by atoms with Gasteiger partial charge in [-0.1, -0.05) is 24.3 Å². The van der Waals surface area contributed by atoms with E-state index in [1.54, 1.807) is 18.3 Å². The minimum atomic E-state index is 0.0937. The molecule has 0 amide bonds. The topological polar surface area (TPSA) is 56.0 Å². The lowest BCUT2D eigenvalue weighted by Gasteiger charge is -1.99. The van der Waals surface area contributed by atoms with Crippen molar-refractivity contribution in [3.63, 3.8) is 0 Å². The molecule has 1 aromatic heterocycles. The Bertz CT molecular complexity index is 516. The van der Waals surface area contributed by atoms with Crippen molar-refractivity contribution in [2.75, 3.05) is 0 Å². The SMILES string of the molecule is CC(=O)c1ccc(Cc2ncc(CN)s2)cc1. The molecular weight excluding hydrogens is 232 g/mol. The van der Waals surface area contributed by atoms with E-state index < -0.39 is 0 Å². The molecule has 3 nitrogen and oxygen atoms in total. The van der Waals surface area contributed by atoms with Gasteiger partial charge in [0.2, 0.25) is 0 Å². The molecule has 2 rings (SSSR count). The first kappa shape index (κ1) is 12.0. The van der Waals surface area contributed by atoms with Crippen LogP contribution >= 0.6 is 11.3 Å². The second-order valence-corrected chi connectivity index (χ2v) is 5.05. The van der Waals surface area contributed by atoms with Crippen LogP contribution in [0.25, 0.3) is 0 Å². The Kier molecular flexibility index (Phi) is 3.66. The molecule has 2 aromatic rings. The largest absolute Gasteiger partial charge is 0.326 e. The van der Waals surface area contributed by atoms with E-state index in [4.69, 9.17) is 5.73 Å². The Morgan fingerprint density at radius 2 is 2.06 bits per heavy atom. The highest BCUT2D eigenvalue weighted by molar-refractivity contribution is 7.11. The molecule has 88 valence electrons. The first-order valence-corrected chi connectivity index (χ1v) is 6.24. The number of benzene rings is 1. The summed E-state index contributed by atoms with van der Waals surface area (Å²) < 4.78 is 0. The third-order valence-electron chi connectivity index (χ3n) is 2.52. The van der Waals surface area contributed by atoms with E-state index in [-0.39, 0.29) is 5.78 Å². The number of aromatic nitrogens is 1. The van der Waals surface area contributed by atoms with Crippen LogP contribution in [0, 0.1) is 0 Å². The van der Waals surface area contributed by atoms with Gasteiger partial charge in [0.15, 0.2) is 5.78 Å². The second kappa shape index (κ2) is 5.21. The minimum Gasteiger partial charge on any atom is -0.326 e. The van der Waals surface area contributed by atoms with Crippen molar-refractivity contribution >= 4 is 17.1 Å². The Morgan fingerprint density at radius 3 is 2.59 bits per heavy atom. The van der Waals surface area contributed by atoms with Gasteiger partial charge in [-0.05, 0) is 12.5 Å². The van der Waals surface area contributed by atoms with Gasteiger partial charge in [0.1, 0.15) is 0 Å². The van der Waals surface area contributed by atoms with Crippen molar-refractivity contribution in [3.8, 4) is 0 Å². The molecule has 0 fully saturated rings. The van der Waals surface area contributed by atoms with Crippen molar-refractivity contribution in [3.05, 3.63) is 51.5 Å². The average molecular weight is 246 g/mol. The molecule has 0 bridgehead atoms. The van der Waals surface area contributed by atoms with E-state index in [2.05, 4.69) is 4.98 Å². The predicted molar refractivity (Wildman–Crippen MR) is 69.3 cm³/mol. The zero-order valence-electron chi connectivity index (χ0n) is 9.64. The summed E-state index contributed by atoms with van der Waals surface area (Å²) in [5, 5.41) is 1.06. The van der Waals surface area contributed by atoms with Gasteiger partial charge in [-0.15, -0.1) is 11.3 Å². The van der Waals surface area contributed by atoms with Gasteiger partial charge in [0.25, 0.3) is 0 Å². The summed E-state index contributed by atoms with van der Waals surface area (Å²) in [6.07, 6.45) is 2.62. The summed E-state index contributed by atoms with van der Waals surface area (Å²) >= 11 is 1.64. The van der Waals surface area contributed by atoms with Crippen LogP contribution in [0.5, 0.6) is 0 Å². The molecule has 0 aliphatic carbocycles. The van der Waals surface area contributed by atoms with E-state index in [0.717, 1.165) is 27.4 Å². The van der Waals surface area contributed by atoms with E-state index in [1.807, 2.05) is 30.5 Å². The molecule has 0 aliphatic rings. The summed E-state index contributed by atoms with van der Waals surface area (Å²) in [7, 11) is 0. The fourth-order valence-electron chi connectivity index (χ4n) is 1.56. The molecule has 4 heteroatoms. The highest BCUT2D eigenvalue weighted by atomic mass is 32.1. The average Bonchev–Trinajstić information content (AvgIpc) is 2.77. The van der Waals surface area contributed by atoms with Gasteiger partial charge in [-0.25, -0.2) is 4.98 Å². The van der Waals surface area contributed by atoms with Gasteiger partial charge < -0.3 is 5.73 Å². The first-order chi connectivity index (χ1) is 8.19. The van der Waals surface area contributed by atoms with Crippen LogP contribution in [0.15, 0.2) is 30.5 Å². The standard InChI is InChI=1S/C13H14N2OS/c1-9(16)11-4-2-10(3-5-11)6-13-15-8-12(7-14)17-13/h2-5,8H,6-7,14H2,1H3. The summed E-state index contributed by atoms with van der Waals surface area (Å²) in [6, 6.07) is 7.66. The fraction of sp³-hybridized carbons (Fsp3) is 0.231. The molecule has 2 N–H and O–H groups in total. The summed E-state index contributed by atoms with van der Waals surface area (Å²) in [5.74, 6) is 0.0937. The third kappa shape index (κ3) is 2.99. The summed E-state index contributed by atoms with van der Waals surface area (Å²) in [6.45, 7) is 2.12. The van der Waals surface area contributed by atoms with Crippen LogP contribution in [0.2, 0.25) is 0 Å². The molecular formula is C13H14N2OS. The van der Waals surface area contributed by atoms with Crippen molar-refractivity contribution in [2.24, 2.45) is 5.73 Å². The van der Waals surface area contributed by atoms with Crippen molar-refractivity contribution in [1.82, 2.24) is 4.98 Å². The van der Waals surface area contributed by atoms with Crippen molar-refractivity contribution in [2.45, 2.75) is 19.9 Å². The van der Waals surface area contributed by atoms with E-state index in [1.165, 1.54) is 0 Å². The molecule has 0 saturated heterocycles. The van der Waals surface area contributed by atoms with Crippen LogP contribution < -0.4 is 5.73 Å². The fourth-order valence-corrected chi connectivity index (χ4v) is 2.39. The maximum absolute atomic E-state index is 11.1. The number of hydrogen-bond acceptors (Lipinski definition) is 4. The van der Waals surface area contributed by atoms with E-state index in [9.17, 15) is 4.79 Å². The Balaban J connectivity index is 2.10. The number of nitrogens with zero attached hydrogens (tertiary/aromatic N) is 1. The number of ketones is 1. The maximum Gasteiger partial charge on any atom is 0.159 e. The van der Waals surface area contributed by atoms with Gasteiger partial charge in [-0.3, -0.25) is 4.79 Å². The lowest BCUT2D eigenvalue weighted by Crippen LogP contribution is -1.93. The van der Waals surface area contributed by atoms with Crippen molar-refractivity contribution < 1.29 is 4.79 Å². The van der Waals surface area contributed by atoms with Crippen LogP contribution in [0.3, 0.4) is 0 Å². The molecule has 1 aromatic carbocycles. The number of thiazole rings is 1.